The van der Waals surface area contributed by atoms with Gasteiger partial charge in [-0.2, -0.15) is 5.10 Å². The van der Waals surface area contributed by atoms with Crippen LogP contribution in [0.15, 0.2) is 12.3 Å². The molecule has 0 unspecified atom stereocenters. The molecular weight excluding hydrogens is 298 g/mol. The third kappa shape index (κ3) is 3.41. The summed E-state index contributed by atoms with van der Waals surface area (Å²) in [7, 11) is -3.09. The fraction of sp³-hybridized carbons (Fsp3) is 0.583. The monoisotopic (exact) mass is 315 g/mol. The van der Waals surface area contributed by atoms with Crippen molar-refractivity contribution in [2.24, 2.45) is 5.41 Å². The molecule has 1 aromatic heterocycles. The maximum absolute atomic E-state index is 12.0. The molecule has 0 aliphatic heterocycles. The molecule has 116 valence electrons. The first kappa shape index (κ1) is 15.5. The Morgan fingerprint density at radius 2 is 2.14 bits per heavy atom. The Balaban J connectivity index is 1.99. The van der Waals surface area contributed by atoms with Gasteiger partial charge in [0.15, 0.2) is 5.82 Å². The van der Waals surface area contributed by atoms with Crippen LogP contribution in [-0.2, 0) is 26.0 Å². The summed E-state index contributed by atoms with van der Waals surface area (Å²) in [5.74, 6) is -1.53. The fourth-order valence-electron chi connectivity index (χ4n) is 2.12. The van der Waals surface area contributed by atoms with Gasteiger partial charge in [0.05, 0.1) is 12.3 Å². The van der Waals surface area contributed by atoms with Gasteiger partial charge in [0.2, 0.25) is 5.91 Å². The average molecular weight is 315 g/mol. The molecule has 2 rings (SSSR count). The molecule has 0 bridgehead atoms. The van der Waals surface area contributed by atoms with E-state index in [2.05, 4.69) is 10.4 Å². The highest BCUT2D eigenvalue weighted by molar-refractivity contribution is 7.90. The van der Waals surface area contributed by atoms with Crippen LogP contribution in [0.4, 0.5) is 5.82 Å². The number of rotatable bonds is 6. The number of carbonyl (C=O) groups excluding carboxylic acids is 1. The van der Waals surface area contributed by atoms with Crippen molar-refractivity contribution in [1.82, 2.24) is 9.78 Å². The summed E-state index contributed by atoms with van der Waals surface area (Å²) >= 11 is 0. The van der Waals surface area contributed by atoms with E-state index in [0.29, 0.717) is 19.3 Å². The summed E-state index contributed by atoms with van der Waals surface area (Å²) in [5.41, 5.74) is -1.35. The molecule has 9 heteroatoms. The lowest BCUT2D eigenvalue weighted by Crippen LogP contribution is -2.48. The van der Waals surface area contributed by atoms with Crippen LogP contribution >= 0.6 is 0 Å². The lowest BCUT2D eigenvalue weighted by molar-refractivity contribution is -0.159. The second-order valence-electron chi connectivity index (χ2n) is 5.29. The highest BCUT2D eigenvalue weighted by Crippen LogP contribution is 2.42. The number of nitrogens with zero attached hydrogens (tertiary/aromatic N) is 2. The highest BCUT2D eigenvalue weighted by atomic mass is 32.2. The van der Waals surface area contributed by atoms with Crippen molar-refractivity contribution in [3.8, 4) is 0 Å². The number of aliphatic carboxylic acids is 1. The van der Waals surface area contributed by atoms with Gasteiger partial charge in [-0.1, -0.05) is 6.42 Å². The smallest absolute Gasteiger partial charge is 0.319 e. The Kier molecular flexibility index (Phi) is 4.04. The van der Waals surface area contributed by atoms with Gasteiger partial charge >= 0.3 is 5.97 Å². The van der Waals surface area contributed by atoms with Crippen molar-refractivity contribution in [2.45, 2.75) is 25.8 Å². The zero-order valence-electron chi connectivity index (χ0n) is 11.6. The van der Waals surface area contributed by atoms with E-state index in [9.17, 15) is 18.0 Å². The summed E-state index contributed by atoms with van der Waals surface area (Å²) in [6.07, 6.45) is 4.02. The summed E-state index contributed by atoms with van der Waals surface area (Å²) in [5, 5.41) is 15.7. The molecule has 1 amide bonds. The van der Waals surface area contributed by atoms with Gasteiger partial charge < -0.3 is 10.4 Å². The molecule has 0 atom stereocenters. The number of aromatic nitrogens is 2. The normalized spacial score (nSPS) is 17.0. The van der Waals surface area contributed by atoms with Crippen LogP contribution in [-0.4, -0.2) is 47.2 Å². The van der Waals surface area contributed by atoms with Crippen molar-refractivity contribution in [2.75, 3.05) is 17.3 Å². The molecule has 21 heavy (non-hydrogen) atoms. The minimum atomic E-state index is -3.09. The van der Waals surface area contributed by atoms with Crippen LogP contribution in [0.5, 0.6) is 0 Å². The number of sulfone groups is 1. The number of anilines is 1. The lowest BCUT2D eigenvalue weighted by atomic mass is 9.68. The summed E-state index contributed by atoms with van der Waals surface area (Å²) in [6, 6.07) is 1.51. The maximum atomic E-state index is 12.0. The van der Waals surface area contributed by atoms with Crippen molar-refractivity contribution in [3.63, 3.8) is 0 Å². The van der Waals surface area contributed by atoms with Crippen molar-refractivity contribution in [1.29, 1.82) is 0 Å². The average Bonchev–Trinajstić information content (AvgIpc) is 2.71. The molecule has 1 aromatic rings. The van der Waals surface area contributed by atoms with E-state index in [1.54, 1.807) is 0 Å². The number of aryl methyl sites for hydroxylation is 1. The predicted octanol–water partition coefficient (Wildman–Crippen LogP) is 0.121. The standard InChI is InChI=1S/C12H17N3O5S/c1-21(19,20)8-7-15-6-3-9(14-15)13-10(16)12(11(17)18)4-2-5-12/h3,6H,2,4-5,7-8H2,1H3,(H,17,18)(H,13,14,16). The Labute approximate surface area is 122 Å². The first-order valence-corrected chi connectivity index (χ1v) is 8.55. The molecule has 1 aliphatic carbocycles. The molecule has 8 nitrogen and oxygen atoms in total. The van der Waals surface area contributed by atoms with Gasteiger partial charge in [0.1, 0.15) is 15.3 Å². The van der Waals surface area contributed by atoms with Crippen molar-refractivity contribution in [3.05, 3.63) is 12.3 Å². The predicted molar refractivity (Wildman–Crippen MR) is 74.5 cm³/mol. The number of carboxylic acid groups (broad SMARTS) is 1. The molecule has 1 saturated carbocycles. The second-order valence-corrected chi connectivity index (χ2v) is 7.55. The largest absolute Gasteiger partial charge is 0.480 e. The lowest BCUT2D eigenvalue weighted by Gasteiger charge is -2.35. The molecular formula is C12H17N3O5S. The van der Waals surface area contributed by atoms with Crippen molar-refractivity contribution < 1.29 is 23.1 Å². The van der Waals surface area contributed by atoms with Crippen LogP contribution in [0.1, 0.15) is 19.3 Å². The number of hydrogen-bond donors (Lipinski definition) is 2. The zero-order chi connectivity index (χ0) is 15.7. The van der Waals surface area contributed by atoms with E-state index >= 15 is 0 Å². The molecule has 2 N–H and O–H groups in total. The Hall–Kier alpha value is -1.90. The van der Waals surface area contributed by atoms with E-state index in [1.165, 1.54) is 16.9 Å². The van der Waals surface area contributed by atoms with Crippen LogP contribution in [0.3, 0.4) is 0 Å². The minimum absolute atomic E-state index is 0.0544. The number of nitrogens with one attached hydrogen (secondary N) is 1. The topological polar surface area (TPSA) is 118 Å². The Morgan fingerprint density at radius 1 is 1.48 bits per heavy atom. The molecule has 1 aliphatic rings. The minimum Gasteiger partial charge on any atom is -0.480 e. The van der Waals surface area contributed by atoms with Crippen LogP contribution in [0.2, 0.25) is 0 Å². The number of carboxylic acids is 1. The summed E-state index contributed by atoms with van der Waals surface area (Å²) in [4.78, 5) is 23.2. The first-order valence-electron chi connectivity index (χ1n) is 6.49. The van der Waals surface area contributed by atoms with Gasteiger partial charge in [-0.05, 0) is 12.8 Å². The Morgan fingerprint density at radius 3 is 2.62 bits per heavy atom. The van der Waals surface area contributed by atoms with Gasteiger partial charge in [-0.25, -0.2) is 8.42 Å². The van der Waals surface area contributed by atoms with Crippen molar-refractivity contribution >= 4 is 27.5 Å². The van der Waals surface area contributed by atoms with Crippen LogP contribution in [0.25, 0.3) is 0 Å². The van der Waals surface area contributed by atoms with Gasteiger partial charge in [0.25, 0.3) is 0 Å². The molecule has 0 spiro atoms. The fourth-order valence-corrected chi connectivity index (χ4v) is 2.64. The molecule has 1 heterocycles. The van der Waals surface area contributed by atoms with Gasteiger partial charge in [-0.15, -0.1) is 0 Å². The highest BCUT2D eigenvalue weighted by Gasteiger charge is 2.51. The zero-order valence-corrected chi connectivity index (χ0v) is 12.4. The van der Waals surface area contributed by atoms with E-state index in [1.807, 2.05) is 0 Å². The van der Waals surface area contributed by atoms with E-state index in [0.717, 1.165) is 6.26 Å². The van der Waals surface area contributed by atoms with E-state index in [-0.39, 0.29) is 18.1 Å². The van der Waals surface area contributed by atoms with E-state index < -0.39 is 27.1 Å². The SMILES string of the molecule is CS(=O)(=O)CCn1ccc(NC(=O)C2(C(=O)O)CCC2)n1. The maximum Gasteiger partial charge on any atom is 0.319 e. The quantitative estimate of drug-likeness (QED) is 0.720. The summed E-state index contributed by atoms with van der Waals surface area (Å²) < 4.78 is 23.5. The van der Waals surface area contributed by atoms with Crippen LogP contribution < -0.4 is 5.32 Å². The second kappa shape index (κ2) is 5.47. The number of carbonyl (C=O) groups is 2. The van der Waals surface area contributed by atoms with Gasteiger partial charge in [0, 0.05) is 18.5 Å². The summed E-state index contributed by atoms with van der Waals surface area (Å²) in [6.45, 7) is 0.179. The molecule has 0 radical (unpaired) electrons. The van der Waals surface area contributed by atoms with E-state index in [4.69, 9.17) is 5.11 Å². The number of amides is 1. The Bertz CT molecular complexity index is 660. The molecule has 0 saturated heterocycles. The first-order chi connectivity index (χ1) is 9.73. The molecule has 1 fully saturated rings. The molecule has 0 aromatic carbocycles. The van der Waals surface area contributed by atoms with Crippen LogP contribution in [0, 0.1) is 5.41 Å². The third-order valence-corrected chi connectivity index (χ3v) is 4.55. The van der Waals surface area contributed by atoms with Gasteiger partial charge in [-0.3, -0.25) is 14.3 Å². The third-order valence-electron chi connectivity index (χ3n) is 3.62. The number of hydrogen-bond acceptors (Lipinski definition) is 5.